The van der Waals surface area contributed by atoms with E-state index in [4.69, 9.17) is 0 Å². The molecule has 5 nitrogen and oxygen atoms in total. The molecule has 128 valence electrons. The van der Waals surface area contributed by atoms with E-state index < -0.39 is 5.56 Å². The van der Waals surface area contributed by atoms with Crippen LogP contribution in [0.4, 0.5) is 0 Å². The van der Waals surface area contributed by atoms with Crippen molar-refractivity contribution in [1.29, 1.82) is 0 Å². The normalized spacial score (nSPS) is 19.3. The Bertz CT molecular complexity index is 929. The molecule has 1 aliphatic carbocycles. The number of aromatic amines is 1. The van der Waals surface area contributed by atoms with Crippen molar-refractivity contribution < 1.29 is 9.59 Å². The van der Waals surface area contributed by atoms with Gasteiger partial charge >= 0.3 is 0 Å². The number of fused-ring (bicyclic) bond motifs is 2. The summed E-state index contributed by atoms with van der Waals surface area (Å²) in [6, 6.07) is 9.54. The van der Waals surface area contributed by atoms with E-state index in [1.165, 1.54) is 11.6 Å². The summed E-state index contributed by atoms with van der Waals surface area (Å²) in [6.45, 7) is 3.07. The van der Waals surface area contributed by atoms with Crippen LogP contribution in [0.2, 0.25) is 0 Å². The SMILES string of the molecule is C[C@@H]1CC(=O)c2cc(C(=O)N3CCc4ccccc4C3)c(=O)[nH]c2C1. The Morgan fingerprint density at radius 2 is 1.92 bits per heavy atom. The average molecular weight is 336 g/mol. The Kier molecular flexibility index (Phi) is 3.79. The van der Waals surface area contributed by atoms with Crippen LogP contribution in [-0.2, 0) is 19.4 Å². The molecule has 0 saturated heterocycles. The highest BCUT2D eigenvalue weighted by molar-refractivity contribution is 6.01. The zero-order valence-corrected chi connectivity index (χ0v) is 14.2. The van der Waals surface area contributed by atoms with E-state index in [1.54, 1.807) is 4.90 Å². The Morgan fingerprint density at radius 3 is 2.72 bits per heavy atom. The first-order chi connectivity index (χ1) is 12.0. The van der Waals surface area contributed by atoms with Gasteiger partial charge in [-0.2, -0.15) is 0 Å². The van der Waals surface area contributed by atoms with Gasteiger partial charge in [-0.1, -0.05) is 31.2 Å². The van der Waals surface area contributed by atoms with Crippen molar-refractivity contribution in [3.05, 3.63) is 68.6 Å². The molecule has 0 bridgehead atoms. The highest BCUT2D eigenvalue weighted by Gasteiger charge is 2.28. The molecular weight excluding hydrogens is 316 g/mol. The third-order valence-corrected chi connectivity index (χ3v) is 5.16. The number of amides is 1. The fourth-order valence-corrected chi connectivity index (χ4v) is 3.82. The quantitative estimate of drug-likeness (QED) is 0.869. The topological polar surface area (TPSA) is 70.2 Å². The fraction of sp³-hybridized carbons (Fsp3) is 0.350. The second-order valence-corrected chi connectivity index (χ2v) is 7.09. The number of ketones is 1. The van der Waals surface area contributed by atoms with Gasteiger partial charge in [0.05, 0.1) is 0 Å². The first-order valence-electron chi connectivity index (χ1n) is 8.68. The van der Waals surface area contributed by atoms with E-state index in [0.29, 0.717) is 37.2 Å². The fourth-order valence-electron chi connectivity index (χ4n) is 3.82. The predicted octanol–water partition coefficient (Wildman–Crippen LogP) is 2.34. The molecule has 0 radical (unpaired) electrons. The average Bonchev–Trinajstić information content (AvgIpc) is 2.60. The molecular formula is C20H20N2O3. The summed E-state index contributed by atoms with van der Waals surface area (Å²) in [7, 11) is 0. The predicted molar refractivity (Wildman–Crippen MR) is 93.8 cm³/mol. The summed E-state index contributed by atoms with van der Waals surface area (Å²) in [5, 5.41) is 0. The molecule has 2 aromatic rings. The van der Waals surface area contributed by atoms with Crippen LogP contribution >= 0.6 is 0 Å². The number of nitrogens with zero attached hydrogens (tertiary/aromatic N) is 1. The van der Waals surface area contributed by atoms with E-state index in [9.17, 15) is 14.4 Å². The molecule has 25 heavy (non-hydrogen) atoms. The lowest BCUT2D eigenvalue weighted by atomic mass is 9.86. The van der Waals surface area contributed by atoms with E-state index in [0.717, 1.165) is 12.0 Å². The monoisotopic (exact) mass is 336 g/mol. The van der Waals surface area contributed by atoms with E-state index in [2.05, 4.69) is 11.1 Å². The first-order valence-corrected chi connectivity index (χ1v) is 8.68. The summed E-state index contributed by atoms with van der Waals surface area (Å²) in [5.41, 5.74) is 3.19. The van der Waals surface area contributed by atoms with Crippen LogP contribution in [-0.4, -0.2) is 28.1 Å². The standard InChI is InChI=1S/C20H20N2O3/c1-12-8-17-15(18(23)9-12)10-16(19(24)21-17)20(25)22-7-6-13-4-2-3-5-14(13)11-22/h2-5,10,12H,6-9,11H2,1H3,(H,21,24)/t12-/m0/s1. The van der Waals surface area contributed by atoms with Crippen molar-refractivity contribution >= 4 is 11.7 Å². The Hall–Kier alpha value is -2.69. The van der Waals surface area contributed by atoms with Crippen LogP contribution in [0.25, 0.3) is 0 Å². The summed E-state index contributed by atoms with van der Waals surface area (Å²) >= 11 is 0. The third-order valence-electron chi connectivity index (χ3n) is 5.16. The summed E-state index contributed by atoms with van der Waals surface area (Å²) in [4.78, 5) is 42.0. The Labute approximate surface area is 145 Å². The van der Waals surface area contributed by atoms with Gasteiger partial charge in [0.25, 0.3) is 11.5 Å². The number of carbonyl (C=O) groups excluding carboxylic acids is 2. The zero-order valence-electron chi connectivity index (χ0n) is 14.2. The van der Waals surface area contributed by atoms with E-state index in [-0.39, 0.29) is 23.2 Å². The van der Waals surface area contributed by atoms with Gasteiger partial charge in [0.2, 0.25) is 0 Å². The van der Waals surface area contributed by atoms with E-state index >= 15 is 0 Å². The number of aromatic nitrogens is 1. The summed E-state index contributed by atoms with van der Waals surface area (Å²) < 4.78 is 0. The van der Waals surface area contributed by atoms with Crippen molar-refractivity contribution in [2.75, 3.05) is 6.54 Å². The highest BCUT2D eigenvalue weighted by atomic mass is 16.2. The lowest BCUT2D eigenvalue weighted by Gasteiger charge is -2.29. The number of carbonyl (C=O) groups is 2. The van der Waals surface area contributed by atoms with Gasteiger partial charge in [-0.3, -0.25) is 14.4 Å². The lowest BCUT2D eigenvalue weighted by Crippen LogP contribution is -2.39. The van der Waals surface area contributed by atoms with Crippen LogP contribution in [0, 0.1) is 5.92 Å². The molecule has 0 saturated carbocycles. The summed E-state index contributed by atoms with van der Waals surface area (Å²) in [6.07, 6.45) is 1.91. The van der Waals surface area contributed by atoms with Gasteiger partial charge in [-0.25, -0.2) is 0 Å². The van der Waals surface area contributed by atoms with Crippen LogP contribution in [0.3, 0.4) is 0 Å². The molecule has 1 aromatic carbocycles. The molecule has 1 atom stereocenters. The first kappa shape index (κ1) is 15.8. The number of pyridine rings is 1. The highest BCUT2D eigenvalue weighted by Crippen LogP contribution is 2.24. The minimum Gasteiger partial charge on any atom is -0.334 e. The summed E-state index contributed by atoms with van der Waals surface area (Å²) in [5.74, 6) is -0.0798. The molecule has 1 aromatic heterocycles. The zero-order chi connectivity index (χ0) is 17.6. The largest absolute Gasteiger partial charge is 0.334 e. The number of hydrogen-bond donors (Lipinski definition) is 1. The van der Waals surface area contributed by atoms with Crippen LogP contribution in [0.1, 0.15) is 50.9 Å². The molecule has 2 aliphatic rings. The van der Waals surface area contributed by atoms with Gasteiger partial charge in [-0.05, 0) is 36.0 Å². The molecule has 4 rings (SSSR count). The van der Waals surface area contributed by atoms with Crippen molar-refractivity contribution in [2.24, 2.45) is 5.92 Å². The van der Waals surface area contributed by atoms with E-state index in [1.807, 2.05) is 25.1 Å². The molecule has 1 N–H and O–H groups in total. The molecule has 0 spiro atoms. The molecule has 0 unspecified atom stereocenters. The number of Topliss-reactive ketones (excluding diaryl/α,β-unsaturated/α-hetero) is 1. The molecule has 1 amide bonds. The maximum atomic E-state index is 12.9. The second kappa shape index (κ2) is 5.99. The smallest absolute Gasteiger partial charge is 0.261 e. The van der Waals surface area contributed by atoms with Gasteiger partial charge in [0.1, 0.15) is 5.56 Å². The minimum absolute atomic E-state index is 0.00281. The number of benzene rings is 1. The number of rotatable bonds is 1. The molecule has 5 heteroatoms. The third kappa shape index (κ3) is 2.80. The van der Waals surface area contributed by atoms with Crippen molar-refractivity contribution in [1.82, 2.24) is 9.88 Å². The van der Waals surface area contributed by atoms with Crippen LogP contribution < -0.4 is 5.56 Å². The molecule has 0 fully saturated rings. The van der Waals surface area contributed by atoms with Gasteiger partial charge in [-0.15, -0.1) is 0 Å². The minimum atomic E-state index is -0.399. The van der Waals surface area contributed by atoms with Gasteiger partial charge < -0.3 is 9.88 Å². The number of H-pyrrole nitrogens is 1. The maximum Gasteiger partial charge on any atom is 0.261 e. The van der Waals surface area contributed by atoms with Crippen LogP contribution in [0.5, 0.6) is 0 Å². The van der Waals surface area contributed by atoms with Crippen molar-refractivity contribution in [3.8, 4) is 0 Å². The second-order valence-electron chi connectivity index (χ2n) is 7.09. The van der Waals surface area contributed by atoms with Gasteiger partial charge in [0.15, 0.2) is 5.78 Å². The number of hydrogen-bond acceptors (Lipinski definition) is 3. The van der Waals surface area contributed by atoms with Crippen LogP contribution in [0.15, 0.2) is 35.1 Å². The molecule has 1 aliphatic heterocycles. The number of nitrogens with one attached hydrogen (secondary N) is 1. The Morgan fingerprint density at radius 1 is 1.16 bits per heavy atom. The lowest BCUT2D eigenvalue weighted by molar-refractivity contribution is 0.0733. The van der Waals surface area contributed by atoms with Crippen molar-refractivity contribution in [3.63, 3.8) is 0 Å². The maximum absolute atomic E-state index is 12.9. The van der Waals surface area contributed by atoms with Gasteiger partial charge in [0, 0.05) is 30.8 Å². The molecule has 2 heterocycles. The van der Waals surface area contributed by atoms with Crippen molar-refractivity contribution in [2.45, 2.75) is 32.7 Å². The Balaban J connectivity index is 1.67.